The number of hydrogen-bond donors (Lipinski definition) is 1. The standard InChI is InChI=1S/C13H21N3O.3ClH/c1(7-16-8-10-17-11-9-16)4-15-12-13-2-5-14-6-3-13;;;/h2-3,5-6,15H,1,4,7-12H2;3*1H/p-3. The summed E-state index contributed by atoms with van der Waals surface area (Å²) in [5.41, 5.74) is 1.30. The van der Waals surface area contributed by atoms with Crippen LogP contribution in [0, 0.1) is 0 Å². The lowest BCUT2D eigenvalue weighted by atomic mass is 10.2. The van der Waals surface area contributed by atoms with Gasteiger partial charge >= 0.3 is 0 Å². The molecule has 20 heavy (non-hydrogen) atoms. The number of morpholine rings is 1. The Morgan fingerprint density at radius 2 is 1.75 bits per heavy atom. The van der Waals surface area contributed by atoms with Crippen LogP contribution in [0.2, 0.25) is 0 Å². The SMILES string of the molecule is [Cl-].[Cl-].[Cl-].c1cc(CNCCCN2CCOCC2)ccn1. The van der Waals surface area contributed by atoms with E-state index < -0.39 is 0 Å². The van der Waals surface area contributed by atoms with Gasteiger partial charge in [-0.15, -0.1) is 0 Å². The minimum Gasteiger partial charge on any atom is -1.00 e. The van der Waals surface area contributed by atoms with E-state index in [4.69, 9.17) is 4.74 Å². The van der Waals surface area contributed by atoms with Gasteiger partial charge in [-0.2, -0.15) is 0 Å². The molecular formula is C13H21Cl3N3O-3. The van der Waals surface area contributed by atoms with Crippen molar-refractivity contribution in [3.63, 3.8) is 0 Å². The van der Waals surface area contributed by atoms with Crippen LogP contribution < -0.4 is 42.5 Å². The normalized spacial score (nSPS) is 14.6. The molecule has 118 valence electrons. The van der Waals surface area contributed by atoms with Gasteiger partial charge in [-0.3, -0.25) is 9.88 Å². The van der Waals surface area contributed by atoms with Crippen molar-refractivity contribution >= 4 is 0 Å². The van der Waals surface area contributed by atoms with Gasteiger partial charge in [0.1, 0.15) is 0 Å². The van der Waals surface area contributed by atoms with Crippen molar-refractivity contribution in [1.29, 1.82) is 0 Å². The van der Waals surface area contributed by atoms with Crippen LogP contribution in [-0.4, -0.2) is 49.3 Å². The first kappa shape index (κ1) is 22.2. The lowest BCUT2D eigenvalue weighted by Crippen LogP contribution is -3.00. The molecule has 4 nitrogen and oxygen atoms in total. The Labute approximate surface area is 139 Å². The van der Waals surface area contributed by atoms with E-state index >= 15 is 0 Å². The van der Waals surface area contributed by atoms with Crippen molar-refractivity contribution in [3.05, 3.63) is 30.1 Å². The molecular weight excluding hydrogens is 321 g/mol. The monoisotopic (exact) mass is 340 g/mol. The molecule has 0 atom stereocenters. The van der Waals surface area contributed by atoms with Crippen LogP contribution in [0.15, 0.2) is 24.5 Å². The average Bonchev–Trinajstić information content (AvgIpc) is 2.41. The molecule has 0 aromatic carbocycles. The molecule has 0 aliphatic carbocycles. The third kappa shape index (κ3) is 8.95. The summed E-state index contributed by atoms with van der Waals surface area (Å²) in [6.45, 7) is 7.14. The summed E-state index contributed by atoms with van der Waals surface area (Å²) in [5, 5.41) is 3.46. The molecule has 0 unspecified atom stereocenters. The summed E-state index contributed by atoms with van der Waals surface area (Å²) in [4.78, 5) is 6.47. The number of halogens is 3. The van der Waals surface area contributed by atoms with E-state index in [0.717, 1.165) is 39.4 Å². The van der Waals surface area contributed by atoms with Crippen LogP contribution >= 0.6 is 0 Å². The summed E-state index contributed by atoms with van der Waals surface area (Å²) in [5.74, 6) is 0. The molecule has 0 radical (unpaired) electrons. The van der Waals surface area contributed by atoms with Gasteiger partial charge in [0.05, 0.1) is 13.2 Å². The third-order valence-corrected chi connectivity index (χ3v) is 3.01. The Morgan fingerprint density at radius 3 is 2.40 bits per heavy atom. The fourth-order valence-electron chi connectivity index (χ4n) is 1.99. The van der Waals surface area contributed by atoms with Gasteiger partial charge in [0.15, 0.2) is 0 Å². The lowest BCUT2D eigenvalue weighted by Gasteiger charge is -2.26. The maximum absolute atomic E-state index is 5.32. The van der Waals surface area contributed by atoms with Gasteiger partial charge < -0.3 is 47.3 Å². The molecule has 7 heteroatoms. The van der Waals surface area contributed by atoms with E-state index in [0.29, 0.717) is 0 Å². The van der Waals surface area contributed by atoms with Gasteiger partial charge in [-0.1, -0.05) is 0 Å². The molecule has 0 bridgehead atoms. The second-order valence-electron chi connectivity index (χ2n) is 4.34. The van der Waals surface area contributed by atoms with Crippen molar-refractivity contribution in [2.24, 2.45) is 0 Å². The molecule has 0 spiro atoms. The number of ether oxygens (including phenoxy) is 1. The molecule has 2 rings (SSSR count). The number of aromatic nitrogens is 1. The highest BCUT2D eigenvalue weighted by Crippen LogP contribution is 1.98. The van der Waals surface area contributed by atoms with Gasteiger partial charge in [-0.25, -0.2) is 0 Å². The number of nitrogens with zero attached hydrogens (tertiary/aromatic N) is 2. The second kappa shape index (κ2) is 13.9. The van der Waals surface area contributed by atoms with Crippen molar-refractivity contribution in [2.45, 2.75) is 13.0 Å². The summed E-state index contributed by atoms with van der Waals surface area (Å²) >= 11 is 0. The number of nitrogens with one attached hydrogen (secondary N) is 1. The van der Waals surface area contributed by atoms with Crippen LogP contribution in [0.1, 0.15) is 12.0 Å². The molecule has 1 fully saturated rings. The molecule has 2 heterocycles. The van der Waals surface area contributed by atoms with Crippen molar-refractivity contribution in [1.82, 2.24) is 15.2 Å². The van der Waals surface area contributed by atoms with Crippen LogP contribution in [0.4, 0.5) is 0 Å². The largest absolute Gasteiger partial charge is 1.00 e. The first-order chi connectivity index (χ1) is 8.45. The maximum Gasteiger partial charge on any atom is 0.0594 e. The molecule has 1 aliphatic heterocycles. The smallest absolute Gasteiger partial charge is 0.0594 e. The average molecular weight is 342 g/mol. The minimum absolute atomic E-state index is 0. The van der Waals surface area contributed by atoms with Crippen LogP contribution in [-0.2, 0) is 11.3 Å². The molecule has 1 saturated heterocycles. The van der Waals surface area contributed by atoms with Crippen LogP contribution in [0.5, 0.6) is 0 Å². The van der Waals surface area contributed by atoms with Gasteiger partial charge in [-0.05, 0) is 37.2 Å². The summed E-state index contributed by atoms with van der Waals surface area (Å²) in [6.07, 6.45) is 4.88. The molecule has 1 aromatic rings. The predicted molar refractivity (Wildman–Crippen MR) is 67.8 cm³/mol. The Morgan fingerprint density at radius 1 is 1.10 bits per heavy atom. The molecule has 1 aliphatic rings. The fraction of sp³-hybridized carbons (Fsp3) is 0.615. The first-order valence-corrected chi connectivity index (χ1v) is 6.35. The summed E-state index contributed by atoms with van der Waals surface area (Å²) in [6, 6.07) is 4.10. The summed E-state index contributed by atoms with van der Waals surface area (Å²) < 4.78 is 5.32. The van der Waals surface area contributed by atoms with Gasteiger partial charge in [0.2, 0.25) is 0 Å². The number of hydrogen-bond acceptors (Lipinski definition) is 4. The Bertz CT molecular complexity index is 311. The minimum atomic E-state index is 0. The maximum atomic E-state index is 5.32. The van der Waals surface area contributed by atoms with Crippen LogP contribution in [0.25, 0.3) is 0 Å². The van der Waals surface area contributed by atoms with E-state index in [9.17, 15) is 0 Å². The quantitative estimate of drug-likeness (QED) is 0.522. The highest BCUT2D eigenvalue weighted by molar-refractivity contribution is 5.08. The van der Waals surface area contributed by atoms with Crippen molar-refractivity contribution in [2.75, 3.05) is 39.4 Å². The van der Waals surface area contributed by atoms with E-state index in [1.54, 1.807) is 0 Å². The highest BCUT2D eigenvalue weighted by Gasteiger charge is 2.08. The van der Waals surface area contributed by atoms with Gasteiger partial charge in [0, 0.05) is 32.0 Å². The topological polar surface area (TPSA) is 37.4 Å². The zero-order chi connectivity index (χ0) is 11.8. The first-order valence-electron chi connectivity index (χ1n) is 6.35. The Kier molecular flexibility index (Phi) is 15.4. The lowest BCUT2D eigenvalue weighted by molar-refractivity contribution is -0.001000. The molecule has 1 N–H and O–H groups in total. The number of rotatable bonds is 6. The zero-order valence-electron chi connectivity index (χ0n) is 11.4. The molecule has 0 amide bonds. The Hall–Kier alpha value is -0.100. The summed E-state index contributed by atoms with van der Waals surface area (Å²) in [7, 11) is 0. The van der Waals surface area contributed by atoms with Gasteiger partial charge in [0.25, 0.3) is 0 Å². The second-order valence-corrected chi connectivity index (χ2v) is 4.34. The Balaban J connectivity index is 0. The van der Waals surface area contributed by atoms with E-state index in [1.165, 1.54) is 18.5 Å². The third-order valence-electron chi connectivity index (χ3n) is 3.01. The fourth-order valence-corrected chi connectivity index (χ4v) is 1.99. The van der Waals surface area contributed by atoms with Crippen molar-refractivity contribution in [3.8, 4) is 0 Å². The van der Waals surface area contributed by atoms with E-state index in [2.05, 4.69) is 27.3 Å². The molecule has 1 aromatic heterocycles. The van der Waals surface area contributed by atoms with E-state index in [1.807, 2.05) is 12.4 Å². The van der Waals surface area contributed by atoms with Crippen LogP contribution in [0.3, 0.4) is 0 Å². The highest BCUT2D eigenvalue weighted by atomic mass is 35.5. The van der Waals surface area contributed by atoms with E-state index in [-0.39, 0.29) is 37.2 Å². The zero-order valence-corrected chi connectivity index (χ0v) is 13.7. The molecule has 0 saturated carbocycles. The number of pyridine rings is 1. The van der Waals surface area contributed by atoms with Crippen molar-refractivity contribution < 1.29 is 42.0 Å². The predicted octanol–water partition coefficient (Wildman–Crippen LogP) is -8.09.